The van der Waals surface area contributed by atoms with Crippen molar-refractivity contribution in [2.45, 2.75) is 72.7 Å². The molecule has 3 aliphatic rings. The van der Waals surface area contributed by atoms with Crippen molar-refractivity contribution in [1.29, 1.82) is 0 Å². The zero-order chi connectivity index (χ0) is 22.6. The van der Waals surface area contributed by atoms with Crippen molar-refractivity contribution < 1.29 is 33.4 Å². The van der Waals surface area contributed by atoms with Crippen molar-refractivity contribution in [2.75, 3.05) is 13.1 Å². The first kappa shape index (κ1) is 22.1. The molecular weight excluding hydrogens is 390 g/mol. The summed E-state index contributed by atoms with van der Waals surface area (Å²) in [5.41, 5.74) is 0.423. The highest BCUT2D eigenvalue weighted by Gasteiger charge is 2.60. The Hall–Kier alpha value is -2.64. The van der Waals surface area contributed by atoms with Crippen LogP contribution in [0.3, 0.4) is 0 Å². The Balaban J connectivity index is 2.00. The van der Waals surface area contributed by atoms with Gasteiger partial charge in [0.2, 0.25) is 0 Å². The van der Waals surface area contributed by atoms with E-state index in [1.165, 1.54) is 18.7 Å². The van der Waals surface area contributed by atoms with Gasteiger partial charge in [-0.15, -0.1) is 0 Å². The summed E-state index contributed by atoms with van der Waals surface area (Å²) in [6.45, 7) is 11.8. The highest BCUT2D eigenvalue weighted by Crippen LogP contribution is 2.52. The number of Topliss-reactive ketones (excluding diaryl/α,β-unsaturated/α-hetero) is 1. The van der Waals surface area contributed by atoms with E-state index in [-0.39, 0.29) is 31.7 Å². The van der Waals surface area contributed by atoms with Crippen molar-refractivity contribution in [3.05, 3.63) is 22.3 Å². The van der Waals surface area contributed by atoms with Gasteiger partial charge in [-0.2, -0.15) is 0 Å². The maximum absolute atomic E-state index is 12.9. The largest absolute Gasteiger partial charge is 0.444 e. The molecule has 0 bridgehead atoms. The molecule has 3 rings (SSSR count). The number of amides is 1. The Morgan fingerprint density at radius 2 is 1.50 bits per heavy atom. The molecule has 2 aliphatic heterocycles. The van der Waals surface area contributed by atoms with E-state index in [0.717, 1.165) is 11.1 Å². The number of rotatable bonds is 0. The lowest BCUT2D eigenvalue weighted by Gasteiger charge is -2.37. The molecule has 1 saturated heterocycles. The van der Waals surface area contributed by atoms with Crippen molar-refractivity contribution in [2.24, 2.45) is 5.41 Å². The molecule has 164 valence electrons. The zero-order valence-electron chi connectivity index (χ0n) is 18.6. The standard InChI is InChI=1S/C22H29NO7/c1-12-10-23(19(27)30-20(3,4)5)11-16(24)13(2)15-9-22(8-14(12)15)17(25)28-21(6,7)29-18(22)26/h8-11H2,1-7H3/b14-12-,15-13-. The first-order valence-electron chi connectivity index (χ1n) is 10.0. The predicted molar refractivity (Wildman–Crippen MR) is 106 cm³/mol. The second-order valence-corrected chi connectivity index (χ2v) is 9.74. The van der Waals surface area contributed by atoms with Crippen LogP contribution in [0.2, 0.25) is 0 Å². The molecule has 0 aromatic heterocycles. The van der Waals surface area contributed by atoms with Gasteiger partial charge in [0.05, 0.1) is 6.54 Å². The fraction of sp³-hybridized carbons (Fsp3) is 0.636. The number of carbonyl (C=O) groups is 4. The molecule has 2 fully saturated rings. The van der Waals surface area contributed by atoms with Gasteiger partial charge in [-0.1, -0.05) is 5.57 Å². The van der Waals surface area contributed by atoms with E-state index in [0.29, 0.717) is 11.1 Å². The van der Waals surface area contributed by atoms with E-state index in [4.69, 9.17) is 14.2 Å². The average Bonchev–Trinajstić information content (AvgIpc) is 2.98. The van der Waals surface area contributed by atoms with Gasteiger partial charge >= 0.3 is 18.0 Å². The number of ether oxygens (including phenoxy) is 3. The molecule has 0 atom stereocenters. The molecule has 2 heterocycles. The molecular formula is C22H29NO7. The zero-order valence-corrected chi connectivity index (χ0v) is 18.6. The second kappa shape index (κ2) is 6.96. The lowest BCUT2D eigenvalue weighted by atomic mass is 9.84. The van der Waals surface area contributed by atoms with Gasteiger partial charge < -0.3 is 14.2 Å². The van der Waals surface area contributed by atoms with Crippen LogP contribution in [0.15, 0.2) is 22.3 Å². The topological polar surface area (TPSA) is 99.2 Å². The van der Waals surface area contributed by atoms with E-state index in [1.54, 1.807) is 27.7 Å². The summed E-state index contributed by atoms with van der Waals surface area (Å²) in [6.07, 6.45) is -0.454. The normalized spacial score (nSPS) is 28.5. The molecule has 0 unspecified atom stereocenters. The number of carbonyl (C=O) groups excluding carboxylic acids is 4. The van der Waals surface area contributed by atoms with Crippen LogP contribution < -0.4 is 0 Å². The first-order chi connectivity index (χ1) is 13.7. The van der Waals surface area contributed by atoms with Gasteiger partial charge in [-0.25, -0.2) is 4.79 Å². The number of nitrogens with zero attached hydrogens (tertiary/aromatic N) is 1. The van der Waals surface area contributed by atoms with E-state index in [9.17, 15) is 19.2 Å². The Kier molecular flexibility index (Phi) is 5.12. The average molecular weight is 419 g/mol. The quantitative estimate of drug-likeness (QED) is 0.439. The molecule has 8 heteroatoms. The predicted octanol–water partition coefficient (Wildman–Crippen LogP) is 3.06. The number of hydrogen-bond donors (Lipinski definition) is 0. The number of allylic oxidation sites excluding steroid dienone is 2. The van der Waals surface area contributed by atoms with Crippen LogP contribution in [0.1, 0.15) is 61.3 Å². The molecule has 30 heavy (non-hydrogen) atoms. The Bertz CT molecular complexity index is 881. The van der Waals surface area contributed by atoms with Crippen LogP contribution in [0, 0.1) is 5.41 Å². The van der Waals surface area contributed by atoms with Crippen molar-refractivity contribution in [3.8, 4) is 0 Å². The summed E-state index contributed by atoms with van der Waals surface area (Å²) >= 11 is 0. The Morgan fingerprint density at radius 1 is 0.967 bits per heavy atom. The lowest BCUT2D eigenvalue weighted by molar-refractivity contribution is -0.250. The van der Waals surface area contributed by atoms with Gasteiger partial charge in [-0.3, -0.25) is 19.3 Å². The minimum atomic E-state index is -1.50. The second-order valence-electron chi connectivity index (χ2n) is 9.74. The molecule has 1 spiro atoms. The van der Waals surface area contributed by atoms with Crippen molar-refractivity contribution in [1.82, 2.24) is 4.90 Å². The van der Waals surface area contributed by atoms with Gasteiger partial charge in [-0.05, 0) is 57.8 Å². The van der Waals surface area contributed by atoms with Crippen LogP contribution in [0.25, 0.3) is 0 Å². The van der Waals surface area contributed by atoms with Gasteiger partial charge in [0.1, 0.15) is 5.60 Å². The maximum Gasteiger partial charge on any atom is 0.410 e. The van der Waals surface area contributed by atoms with Crippen molar-refractivity contribution in [3.63, 3.8) is 0 Å². The van der Waals surface area contributed by atoms with E-state index in [2.05, 4.69) is 0 Å². The van der Waals surface area contributed by atoms with Crippen LogP contribution in [0.4, 0.5) is 4.79 Å². The number of cyclic esters (lactones) is 2. The van der Waals surface area contributed by atoms with E-state index in [1.807, 2.05) is 6.92 Å². The monoisotopic (exact) mass is 419 g/mol. The van der Waals surface area contributed by atoms with Gasteiger partial charge in [0.15, 0.2) is 11.2 Å². The molecule has 0 radical (unpaired) electrons. The Labute approximate surface area is 176 Å². The van der Waals surface area contributed by atoms with Gasteiger partial charge in [0.25, 0.3) is 5.79 Å². The third-order valence-corrected chi connectivity index (χ3v) is 5.58. The van der Waals surface area contributed by atoms with Crippen LogP contribution in [-0.2, 0) is 28.6 Å². The van der Waals surface area contributed by atoms with Gasteiger partial charge in [0, 0.05) is 26.8 Å². The molecule has 8 nitrogen and oxygen atoms in total. The van der Waals surface area contributed by atoms with Crippen LogP contribution in [-0.4, -0.2) is 53.2 Å². The fourth-order valence-electron chi connectivity index (χ4n) is 4.03. The first-order valence-corrected chi connectivity index (χ1v) is 10.0. The maximum atomic E-state index is 12.9. The summed E-state index contributed by atoms with van der Waals surface area (Å²) in [5, 5.41) is 0. The number of hydrogen-bond acceptors (Lipinski definition) is 7. The fourth-order valence-corrected chi connectivity index (χ4v) is 4.03. The third-order valence-electron chi connectivity index (χ3n) is 5.58. The number of fused-ring (bicyclic) bond motifs is 1. The highest BCUT2D eigenvalue weighted by atomic mass is 16.7. The molecule has 0 aromatic carbocycles. The van der Waals surface area contributed by atoms with E-state index < -0.39 is 34.8 Å². The minimum absolute atomic E-state index is 0.0530. The molecule has 0 N–H and O–H groups in total. The van der Waals surface area contributed by atoms with E-state index >= 15 is 0 Å². The molecule has 1 amide bonds. The number of esters is 2. The lowest BCUT2D eigenvalue weighted by Crippen LogP contribution is -2.52. The Morgan fingerprint density at radius 3 is 2.03 bits per heavy atom. The molecule has 0 aromatic rings. The third kappa shape index (κ3) is 3.87. The van der Waals surface area contributed by atoms with Crippen molar-refractivity contribution >= 4 is 23.8 Å². The SMILES string of the molecule is C/C1=C2\CC3(C\C2=C(/C)C(=O)CN(C(=O)OC(C)(C)C)C1)C(=O)OC(C)(C)OC3=O. The minimum Gasteiger partial charge on any atom is -0.444 e. The summed E-state index contributed by atoms with van der Waals surface area (Å²) in [4.78, 5) is 52.5. The summed E-state index contributed by atoms with van der Waals surface area (Å²) < 4.78 is 16.2. The van der Waals surface area contributed by atoms with Crippen LogP contribution in [0.5, 0.6) is 0 Å². The summed E-state index contributed by atoms with van der Waals surface area (Å²) in [7, 11) is 0. The van der Waals surface area contributed by atoms with Crippen LogP contribution >= 0.6 is 0 Å². The molecule has 1 saturated carbocycles. The number of ketones is 1. The summed E-state index contributed by atoms with van der Waals surface area (Å²) in [5.74, 6) is -2.87. The summed E-state index contributed by atoms with van der Waals surface area (Å²) in [6, 6.07) is 0. The molecule has 1 aliphatic carbocycles. The highest BCUT2D eigenvalue weighted by molar-refractivity contribution is 6.05. The smallest absolute Gasteiger partial charge is 0.410 e.